The molecule has 1 unspecified atom stereocenters. The molecule has 0 aliphatic heterocycles. The maximum absolute atomic E-state index is 12.8. The highest BCUT2D eigenvalue weighted by Crippen LogP contribution is 2.15. The van der Waals surface area contributed by atoms with Crippen molar-refractivity contribution in [2.24, 2.45) is 0 Å². The lowest BCUT2D eigenvalue weighted by atomic mass is 10.0. The molecule has 0 N–H and O–H groups in total. The summed E-state index contributed by atoms with van der Waals surface area (Å²) in [6.07, 6.45) is 89.2. The van der Waals surface area contributed by atoms with Crippen LogP contribution in [0.5, 0.6) is 0 Å². The number of hydrogen-bond donors (Lipinski definition) is 0. The highest BCUT2D eigenvalue weighted by Gasteiger charge is 2.19. The molecule has 0 aromatic rings. The summed E-state index contributed by atoms with van der Waals surface area (Å²) in [5.74, 6) is -0.936. The number of carbonyl (C=O) groups is 3. The Balaban J connectivity index is 4.10. The van der Waals surface area contributed by atoms with Crippen LogP contribution in [0.3, 0.4) is 0 Å². The van der Waals surface area contributed by atoms with Gasteiger partial charge in [0.1, 0.15) is 13.2 Å². The minimum atomic E-state index is -0.796. The molecule has 0 aliphatic rings. The van der Waals surface area contributed by atoms with E-state index in [0.29, 0.717) is 12.8 Å². The zero-order valence-electron chi connectivity index (χ0n) is 49.2. The van der Waals surface area contributed by atoms with Crippen LogP contribution in [0.2, 0.25) is 0 Å². The Bertz CT molecular complexity index is 1630. The fraction of sp³-hybridized carbons (Fsp3) is 0.643. The highest BCUT2D eigenvalue weighted by molar-refractivity contribution is 5.71. The lowest BCUT2D eigenvalue weighted by molar-refractivity contribution is -0.167. The minimum absolute atomic E-state index is 0.0932. The molecule has 0 aromatic heterocycles. The molecule has 0 aromatic carbocycles. The average Bonchev–Trinajstić information content (AvgIpc) is 3.42. The third-order valence-corrected chi connectivity index (χ3v) is 12.9. The van der Waals surface area contributed by atoms with E-state index in [1.54, 1.807) is 0 Å². The topological polar surface area (TPSA) is 78.9 Å². The second-order valence-electron chi connectivity index (χ2n) is 20.2. The molecular formula is C70H114O6. The van der Waals surface area contributed by atoms with E-state index in [-0.39, 0.29) is 37.5 Å². The summed E-state index contributed by atoms with van der Waals surface area (Å²) in [6, 6.07) is 0. The Morgan fingerprint density at radius 1 is 0.276 bits per heavy atom. The number of esters is 3. The maximum atomic E-state index is 12.8. The van der Waals surface area contributed by atoms with Crippen LogP contribution in [-0.2, 0) is 28.6 Å². The van der Waals surface area contributed by atoms with Crippen LogP contribution in [0.1, 0.15) is 271 Å². The van der Waals surface area contributed by atoms with Crippen LogP contribution < -0.4 is 0 Å². The van der Waals surface area contributed by atoms with Crippen molar-refractivity contribution in [3.8, 4) is 0 Å². The van der Waals surface area contributed by atoms with Gasteiger partial charge in [-0.25, -0.2) is 0 Å². The number of ether oxygens (including phenoxy) is 3. The quantitative estimate of drug-likeness (QED) is 0.0261. The molecule has 0 amide bonds. The molecule has 0 heterocycles. The number of carbonyl (C=O) groups excluding carboxylic acids is 3. The van der Waals surface area contributed by atoms with Crippen LogP contribution in [0.4, 0.5) is 0 Å². The third-order valence-electron chi connectivity index (χ3n) is 12.9. The minimum Gasteiger partial charge on any atom is -0.462 e. The summed E-state index contributed by atoms with van der Waals surface area (Å²) in [5, 5.41) is 0. The Hall–Kier alpha value is -4.45. The number of unbranched alkanes of at least 4 members (excludes halogenated alkanes) is 22. The van der Waals surface area contributed by atoms with Crippen molar-refractivity contribution >= 4 is 17.9 Å². The molecule has 6 nitrogen and oxygen atoms in total. The third kappa shape index (κ3) is 60.4. The van der Waals surface area contributed by atoms with E-state index in [2.05, 4.69) is 154 Å². The SMILES string of the molecule is CC/C=C\C/C=C\C/C=C\C/C=C\C/C=C\C/C=C\CCCCCCCCCCCCCCCCC(=O)OCC(COC(=O)CCCCCCCC)OC(=O)CCCCC/C=C\C/C=C\C/C=C\C/C=C\C/C=C\CC. The van der Waals surface area contributed by atoms with Crippen molar-refractivity contribution in [2.45, 2.75) is 277 Å². The molecule has 0 saturated carbocycles. The van der Waals surface area contributed by atoms with E-state index in [9.17, 15) is 14.4 Å². The zero-order valence-corrected chi connectivity index (χ0v) is 49.2. The van der Waals surface area contributed by atoms with Crippen molar-refractivity contribution in [2.75, 3.05) is 13.2 Å². The first-order chi connectivity index (χ1) is 37.5. The van der Waals surface area contributed by atoms with E-state index >= 15 is 0 Å². The smallest absolute Gasteiger partial charge is 0.306 e. The summed E-state index contributed by atoms with van der Waals surface area (Å²) in [6.45, 7) is 6.32. The van der Waals surface area contributed by atoms with E-state index in [1.807, 2.05) is 0 Å². The van der Waals surface area contributed by atoms with Crippen LogP contribution in [0.25, 0.3) is 0 Å². The molecule has 430 valence electrons. The van der Waals surface area contributed by atoms with Crippen molar-refractivity contribution in [1.29, 1.82) is 0 Å². The fourth-order valence-electron chi connectivity index (χ4n) is 8.30. The van der Waals surface area contributed by atoms with Crippen LogP contribution in [0, 0.1) is 0 Å². The van der Waals surface area contributed by atoms with Gasteiger partial charge in [-0.2, -0.15) is 0 Å². The summed E-state index contributed by atoms with van der Waals surface area (Å²) >= 11 is 0. The van der Waals surface area contributed by atoms with Gasteiger partial charge in [0.15, 0.2) is 6.10 Å². The molecule has 0 rings (SSSR count). The number of rotatable bonds is 55. The number of allylic oxidation sites excluding steroid dienone is 22. The van der Waals surface area contributed by atoms with Crippen LogP contribution in [0.15, 0.2) is 134 Å². The standard InChI is InChI=1S/C70H114O6/c1-4-7-10-13-16-18-20-22-24-26-28-29-30-31-32-33-34-35-36-37-38-39-40-41-43-44-46-48-50-52-54-57-60-63-69(72)75-66-67(65-74-68(71)62-59-56-15-12-9-6-3)76-70(73)64-61-58-55-53-51-49-47-45-42-27-25-23-21-19-17-14-11-8-5-2/h7-8,10-11,16-19,22-25,28-29,31-32,34-35,42,45,49,51,67H,4-6,9,12-15,20-21,26-27,30,33,36-41,43-44,46-48,50,52-66H2,1-3H3/b10-7-,11-8-,18-16-,19-17-,24-22-,25-23-,29-28-,32-31-,35-34-,45-42-,51-49-. The van der Waals surface area contributed by atoms with Crippen molar-refractivity contribution in [3.05, 3.63) is 134 Å². The summed E-state index contributed by atoms with van der Waals surface area (Å²) in [5.41, 5.74) is 0. The van der Waals surface area contributed by atoms with Gasteiger partial charge in [-0.15, -0.1) is 0 Å². The largest absolute Gasteiger partial charge is 0.462 e. The molecule has 0 bridgehead atoms. The molecule has 0 saturated heterocycles. The fourth-order valence-corrected chi connectivity index (χ4v) is 8.30. The molecule has 0 spiro atoms. The number of hydrogen-bond acceptors (Lipinski definition) is 6. The predicted molar refractivity (Wildman–Crippen MR) is 329 cm³/mol. The van der Waals surface area contributed by atoms with E-state index in [0.717, 1.165) is 135 Å². The summed E-state index contributed by atoms with van der Waals surface area (Å²) in [4.78, 5) is 37.9. The normalized spacial score (nSPS) is 13.0. The maximum Gasteiger partial charge on any atom is 0.306 e. The average molecular weight is 1050 g/mol. The first-order valence-corrected chi connectivity index (χ1v) is 31.2. The van der Waals surface area contributed by atoms with Crippen LogP contribution >= 0.6 is 0 Å². The molecule has 0 aliphatic carbocycles. The van der Waals surface area contributed by atoms with Gasteiger partial charge < -0.3 is 14.2 Å². The Morgan fingerprint density at radius 2 is 0.513 bits per heavy atom. The van der Waals surface area contributed by atoms with Crippen molar-refractivity contribution < 1.29 is 28.6 Å². The molecule has 0 fully saturated rings. The molecular weight excluding hydrogens is 937 g/mol. The summed E-state index contributed by atoms with van der Waals surface area (Å²) < 4.78 is 16.8. The van der Waals surface area contributed by atoms with E-state index < -0.39 is 6.10 Å². The van der Waals surface area contributed by atoms with Gasteiger partial charge in [0, 0.05) is 19.3 Å². The van der Waals surface area contributed by atoms with Gasteiger partial charge in [0.2, 0.25) is 0 Å². The van der Waals surface area contributed by atoms with Crippen LogP contribution in [-0.4, -0.2) is 37.2 Å². The van der Waals surface area contributed by atoms with Gasteiger partial charge in [0.05, 0.1) is 0 Å². The van der Waals surface area contributed by atoms with Gasteiger partial charge in [-0.05, 0) is 116 Å². The first kappa shape index (κ1) is 71.5. The molecule has 76 heavy (non-hydrogen) atoms. The van der Waals surface area contributed by atoms with Gasteiger partial charge >= 0.3 is 17.9 Å². The second-order valence-corrected chi connectivity index (χ2v) is 20.2. The first-order valence-electron chi connectivity index (χ1n) is 31.2. The lowest BCUT2D eigenvalue weighted by Crippen LogP contribution is -2.30. The monoisotopic (exact) mass is 1050 g/mol. The van der Waals surface area contributed by atoms with Crippen molar-refractivity contribution in [3.63, 3.8) is 0 Å². The van der Waals surface area contributed by atoms with Crippen molar-refractivity contribution in [1.82, 2.24) is 0 Å². The highest BCUT2D eigenvalue weighted by atomic mass is 16.6. The second kappa shape index (κ2) is 63.1. The summed E-state index contributed by atoms with van der Waals surface area (Å²) in [7, 11) is 0. The van der Waals surface area contributed by atoms with E-state index in [1.165, 1.54) is 96.3 Å². The van der Waals surface area contributed by atoms with Gasteiger partial charge in [-0.1, -0.05) is 270 Å². The molecule has 6 heteroatoms. The Kier molecular flexibility index (Phi) is 59.4. The Labute approximate surface area is 468 Å². The molecule has 0 radical (unpaired) electrons. The van der Waals surface area contributed by atoms with E-state index in [4.69, 9.17) is 14.2 Å². The lowest BCUT2D eigenvalue weighted by Gasteiger charge is -2.18. The molecule has 1 atom stereocenters. The van der Waals surface area contributed by atoms with Gasteiger partial charge in [-0.3, -0.25) is 14.4 Å². The predicted octanol–water partition coefficient (Wildman–Crippen LogP) is 21.4. The zero-order chi connectivity index (χ0) is 55.0. The Morgan fingerprint density at radius 3 is 0.816 bits per heavy atom. The van der Waals surface area contributed by atoms with Gasteiger partial charge in [0.25, 0.3) is 0 Å².